The summed E-state index contributed by atoms with van der Waals surface area (Å²) in [7, 11) is 0. The van der Waals surface area contributed by atoms with Gasteiger partial charge in [0.25, 0.3) is 0 Å². The van der Waals surface area contributed by atoms with Crippen molar-refractivity contribution < 1.29 is 13.2 Å². The van der Waals surface area contributed by atoms with Crippen molar-refractivity contribution in [3.05, 3.63) is 0 Å². The van der Waals surface area contributed by atoms with Crippen LogP contribution in [-0.2, 0) is 0 Å². The van der Waals surface area contributed by atoms with Gasteiger partial charge < -0.3 is 10.6 Å². The van der Waals surface area contributed by atoms with Crippen molar-refractivity contribution in [1.29, 1.82) is 0 Å². The summed E-state index contributed by atoms with van der Waals surface area (Å²) in [6, 6.07) is 0. The van der Waals surface area contributed by atoms with E-state index in [1.54, 1.807) is 0 Å². The average molecular weight is 266 g/mol. The number of halogens is 3. The minimum Gasteiger partial charge on any atom is -0.316 e. The van der Waals surface area contributed by atoms with Gasteiger partial charge in [-0.05, 0) is 50.6 Å². The van der Waals surface area contributed by atoms with Crippen molar-refractivity contribution >= 4 is 0 Å². The molecule has 108 valence electrons. The number of nitrogens with one attached hydrogen (secondary N) is 2. The Labute approximate surface area is 108 Å². The lowest BCUT2D eigenvalue weighted by Crippen LogP contribution is -2.46. The van der Waals surface area contributed by atoms with Crippen LogP contribution in [0.2, 0.25) is 0 Å². The number of alkyl halides is 3. The third-order valence-electron chi connectivity index (χ3n) is 3.87. The molecule has 18 heavy (non-hydrogen) atoms. The molecule has 1 fully saturated rings. The van der Waals surface area contributed by atoms with Crippen molar-refractivity contribution in [1.82, 2.24) is 10.6 Å². The highest BCUT2D eigenvalue weighted by molar-refractivity contribution is 4.86. The molecule has 0 aromatic carbocycles. The summed E-state index contributed by atoms with van der Waals surface area (Å²) in [5.74, 6) is 0. The quantitative estimate of drug-likeness (QED) is 0.692. The second-order valence-corrected chi connectivity index (χ2v) is 5.38. The third-order valence-corrected chi connectivity index (χ3v) is 3.87. The van der Waals surface area contributed by atoms with Gasteiger partial charge in [0.2, 0.25) is 0 Å². The lowest BCUT2D eigenvalue weighted by Gasteiger charge is -2.37. The molecule has 0 radical (unpaired) electrons. The van der Waals surface area contributed by atoms with Gasteiger partial charge in [0.05, 0.1) is 0 Å². The Balaban J connectivity index is 2.09. The van der Waals surface area contributed by atoms with Gasteiger partial charge in [0.1, 0.15) is 0 Å². The first-order valence-corrected chi connectivity index (χ1v) is 6.96. The Bertz CT molecular complexity index is 223. The first-order chi connectivity index (χ1) is 8.47. The van der Waals surface area contributed by atoms with Crippen LogP contribution >= 0.6 is 0 Å². The zero-order chi connectivity index (χ0) is 13.5. The summed E-state index contributed by atoms with van der Waals surface area (Å²) in [6.07, 6.45) is -0.293. The lowest BCUT2D eigenvalue weighted by molar-refractivity contribution is -0.135. The molecule has 2 N–H and O–H groups in total. The fraction of sp³-hybridized carbons (Fsp3) is 1.00. The Morgan fingerprint density at radius 2 is 2.06 bits per heavy atom. The van der Waals surface area contributed by atoms with E-state index in [1.165, 1.54) is 12.8 Å². The van der Waals surface area contributed by atoms with E-state index in [0.29, 0.717) is 18.4 Å². The molecule has 0 spiro atoms. The van der Waals surface area contributed by atoms with Crippen LogP contribution in [0.3, 0.4) is 0 Å². The summed E-state index contributed by atoms with van der Waals surface area (Å²) in [6.45, 7) is 5.92. The summed E-state index contributed by atoms with van der Waals surface area (Å²) in [4.78, 5) is 0. The Kier molecular flexibility index (Phi) is 6.43. The van der Waals surface area contributed by atoms with E-state index in [2.05, 4.69) is 17.6 Å². The van der Waals surface area contributed by atoms with Crippen molar-refractivity contribution in [2.75, 3.05) is 26.2 Å². The number of piperidine rings is 1. The third kappa shape index (κ3) is 6.05. The monoisotopic (exact) mass is 266 g/mol. The molecular weight excluding hydrogens is 241 g/mol. The molecule has 1 unspecified atom stereocenters. The normalized spacial score (nSPS) is 25.3. The van der Waals surface area contributed by atoms with Gasteiger partial charge in [-0.2, -0.15) is 13.2 Å². The number of rotatable bonds is 7. The fourth-order valence-electron chi connectivity index (χ4n) is 2.54. The van der Waals surface area contributed by atoms with Gasteiger partial charge in [-0.25, -0.2) is 0 Å². The average Bonchev–Trinajstić information content (AvgIpc) is 2.33. The molecule has 0 amide bonds. The van der Waals surface area contributed by atoms with E-state index in [0.717, 1.165) is 26.1 Å². The SMILES string of the molecule is CCC1(CNCCCCC(F)(F)F)CCCNC1. The molecule has 0 aromatic rings. The molecule has 1 rings (SSSR count). The van der Waals surface area contributed by atoms with E-state index >= 15 is 0 Å². The number of hydrogen-bond acceptors (Lipinski definition) is 2. The Hall–Kier alpha value is -0.290. The van der Waals surface area contributed by atoms with Crippen LogP contribution in [0.15, 0.2) is 0 Å². The van der Waals surface area contributed by atoms with Gasteiger partial charge in [-0.1, -0.05) is 6.92 Å². The molecule has 1 aliphatic rings. The Morgan fingerprint density at radius 3 is 2.61 bits per heavy atom. The second kappa shape index (κ2) is 7.34. The molecule has 0 bridgehead atoms. The first-order valence-electron chi connectivity index (χ1n) is 6.96. The van der Waals surface area contributed by atoms with E-state index in [-0.39, 0.29) is 6.42 Å². The smallest absolute Gasteiger partial charge is 0.316 e. The van der Waals surface area contributed by atoms with Crippen LogP contribution in [0.25, 0.3) is 0 Å². The minimum absolute atomic E-state index is 0.230. The predicted molar refractivity (Wildman–Crippen MR) is 67.6 cm³/mol. The van der Waals surface area contributed by atoms with E-state index < -0.39 is 12.6 Å². The molecule has 1 atom stereocenters. The van der Waals surface area contributed by atoms with Gasteiger partial charge >= 0.3 is 6.18 Å². The second-order valence-electron chi connectivity index (χ2n) is 5.38. The van der Waals surface area contributed by atoms with E-state index in [1.807, 2.05) is 0 Å². The van der Waals surface area contributed by atoms with Crippen LogP contribution in [0.4, 0.5) is 13.2 Å². The lowest BCUT2D eigenvalue weighted by atomic mass is 9.78. The molecule has 1 saturated heterocycles. The standard InChI is InChI=1S/C13H25F3N2/c1-2-12(6-5-9-18-11-12)10-17-8-4-3-7-13(14,15)16/h17-18H,2-11H2,1H3. The van der Waals surface area contributed by atoms with Crippen LogP contribution < -0.4 is 10.6 Å². The number of unbranched alkanes of at least 4 members (excludes halogenated alkanes) is 1. The maximum absolute atomic E-state index is 11.9. The number of hydrogen-bond donors (Lipinski definition) is 2. The minimum atomic E-state index is -4.00. The molecule has 0 aromatic heterocycles. The van der Waals surface area contributed by atoms with E-state index in [4.69, 9.17) is 0 Å². The molecule has 0 aliphatic carbocycles. The van der Waals surface area contributed by atoms with Gasteiger partial charge in [0.15, 0.2) is 0 Å². The highest BCUT2D eigenvalue weighted by atomic mass is 19.4. The van der Waals surface area contributed by atoms with Crippen molar-refractivity contribution in [2.24, 2.45) is 5.41 Å². The van der Waals surface area contributed by atoms with Gasteiger partial charge in [-0.3, -0.25) is 0 Å². The molecule has 0 saturated carbocycles. The van der Waals surface area contributed by atoms with Crippen molar-refractivity contribution in [3.8, 4) is 0 Å². The summed E-state index contributed by atoms with van der Waals surface area (Å²) < 4.78 is 35.8. The molecule has 5 heteroatoms. The molecular formula is C13H25F3N2. The first kappa shape index (κ1) is 15.8. The molecule has 1 heterocycles. The van der Waals surface area contributed by atoms with Gasteiger partial charge in [-0.15, -0.1) is 0 Å². The van der Waals surface area contributed by atoms with Crippen LogP contribution in [0, 0.1) is 5.41 Å². The largest absolute Gasteiger partial charge is 0.389 e. The van der Waals surface area contributed by atoms with Crippen LogP contribution in [0.1, 0.15) is 45.4 Å². The zero-order valence-electron chi connectivity index (χ0n) is 11.2. The van der Waals surface area contributed by atoms with Gasteiger partial charge in [0, 0.05) is 19.5 Å². The van der Waals surface area contributed by atoms with Crippen molar-refractivity contribution in [3.63, 3.8) is 0 Å². The summed E-state index contributed by atoms with van der Waals surface area (Å²) in [5.41, 5.74) is 0.308. The summed E-state index contributed by atoms with van der Waals surface area (Å²) >= 11 is 0. The van der Waals surface area contributed by atoms with Crippen LogP contribution in [-0.4, -0.2) is 32.4 Å². The summed E-state index contributed by atoms with van der Waals surface area (Å²) in [5, 5.41) is 6.74. The maximum atomic E-state index is 11.9. The highest BCUT2D eigenvalue weighted by Gasteiger charge is 2.29. The topological polar surface area (TPSA) is 24.1 Å². The van der Waals surface area contributed by atoms with Crippen molar-refractivity contribution in [2.45, 2.75) is 51.6 Å². The molecule has 2 nitrogen and oxygen atoms in total. The highest BCUT2D eigenvalue weighted by Crippen LogP contribution is 2.29. The maximum Gasteiger partial charge on any atom is 0.389 e. The molecule has 1 aliphatic heterocycles. The fourth-order valence-corrected chi connectivity index (χ4v) is 2.54. The van der Waals surface area contributed by atoms with Crippen LogP contribution in [0.5, 0.6) is 0 Å². The Morgan fingerprint density at radius 1 is 1.28 bits per heavy atom. The zero-order valence-corrected chi connectivity index (χ0v) is 11.2. The predicted octanol–water partition coefficient (Wildman–Crippen LogP) is 3.09. The van der Waals surface area contributed by atoms with E-state index in [9.17, 15) is 13.2 Å².